The van der Waals surface area contributed by atoms with Gasteiger partial charge in [-0.3, -0.25) is 10.1 Å². The van der Waals surface area contributed by atoms with Gasteiger partial charge in [-0.1, -0.05) is 0 Å². The van der Waals surface area contributed by atoms with E-state index >= 15 is 0 Å². The van der Waals surface area contributed by atoms with E-state index in [-0.39, 0.29) is 6.54 Å². The Morgan fingerprint density at radius 3 is 2.31 bits per heavy atom. The van der Waals surface area contributed by atoms with Gasteiger partial charge in [0.25, 0.3) is 5.91 Å². The van der Waals surface area contributed by atoms with E-state index in [0.29, 0.717) is 0 Å². The highest BCUT2D eigenvalue weighted by Crippen LogP contribution is 2.29. The van der Waals surface area contributed by atoms with Gasteiger partial charge in [-0.25, -0.2) is 13.2 Å². The largest absolute Gasteiger partial charge is 0.534 e. The van der Waals surface area contributed by atoms with Crippen molar-refractivity contribution in [3.8, 4) is 0 Å². The standard InChI is InChI=1S/C11H14F3N3O7S2/c1-10(8(18)15-9(19)16-10)6-25(20,21)17-4-2-7(3-5-17)24-26(22,23)11(12,13)14/h2H,3-6H2,1H3,(H2,15,16,18,19). The average molecular weight is 421 g/mol. The number of carbonyl (C=O) groups is 2. The molecule has 0 bridgehead atoms. The lowest BCUT2D eigenvalue weighted by molar-refractivity contribution is -0.122. The highest BCUT2D eigenvalue weighted by atomic mass is 32.2. The molecule has 1 atom stereocenters. The molecule has 2 heterocycles. The number of imide groups is 1. The molecule has 1 fully saturated rings. The molecule has 10 nitrogen and oxygen atoms in total. The van der Waals surface area contributed by atoms with Crippen molar-refractivity contribution in [3.63, 3.8) is 0 Å². The maximum atomic E-state index is 12.4. The number of rotatable bonds is 5. The van der Waals surface area contributed by atoms with Crippen LogP contribution >= 0.6 is 0 Å². The minimum Gasteiger partial charge on any atom is -0.381 e. The normalized spacial score (nSPS) is 25.5. The van der Waals surface area contributed by atoms with E-state index in [1.807, 2.05) is 5.32 Å². The molecular formula is C11H14F3N3O7S2. The number of amides is 3. The summed E-state index contributed by atoms with van der Waals surface area (Å²) >= 11 is 0. The first-order valence-corrected chi connectivity index (χ1v) is 9.99. The van der Waals surface area contributed by atoms with Crippen molar-refractivity contribution in [3.05, 3.63) is 11.8 Å². The summed E-state index contributed by atoms with van der Waals surface area (Å²) in [6, 6.07) is -0.848. The summed E-state index contributed by atoms with van der Waals surface area (Å²) in [5, 5.41) is 4.08. The highest BCUT2D eigenvalue weighted by Gasteiger charge is 2.49. The summed E-state index contributed by atoms with van der Waals surface area (Å²) in [6.45, 7) is 0.402. The summed E-state index contributed by atoms with van der Waals surface area (Å²) in [7, 11) is -9.92. The molecule has 0 aromatic rings. The van der Waals surface area contributed by atoms with E-state index in [1.54, 1.807) is 0 Å². The lowest BCUT2D eigenvalue weighted by Crippen LogP contribution is -2.53. The van der Waals surface area contributed by atoms with Gasteiger partial charge in [0, 0.05) is 19.5 Å². The Morgan fingerprint density at radius 1 is 1.27 bits per heavy atom. The first-order valence-electron chi connectivity index (χ1n) is 6.97. The molecule has 0 aromatic heterocycles. The van der Waals surface area contributed by atoms with Crippen LogP contribution in [-0.4, -0.2) is 63.0 Å². The molecule has 148 valence electrons. The Labute approximate surface area is 146 Å². The molecule has 0 aromatic carbocycles. The third-order valence-electron chi connectivity index (χ3n) is 3.61. The lowest BCUT2D eigenvalue weighted by Gasteiger charge is -2.29. The van der Waals surface area contributed by atoms with Crippen LogP contribution in [0, 0.1) is 0 Å². The van der Waals surface area contributed by atoms with Crippen LogP contribution in [0.1, 0.15) is 13.3 Å². The number of alkyl halides is 3. The van der Waals surface area contributed by atoms with Gasteiger partial charge in [-0.05, 0) is 13.0 Å². The molecule has 15 heteroatoms. The smallest absolute Gasteiger partial charge is 0.381 e. The molecule has 26 heavy (non-hydrogen) atoms. The number of hydrogen-bond acceptors (Lipinski definition) is 7. The second kappa shape index (κ2) is 6.38. The van der Waals surface area contributed by atoms with Crippen molar-refractivity contribution in [1.29, 1.82) is 0 Å². The van der Waals surface area contributed by atoms with Crippen LogP contribution < -0.4 is 10.6 Å². The van der Waals surface area contributed by atoms with Gasteiger partial charge in [0.05, 0.1) is 5.75 Å². The van der Waals surface area contributed by atoms with E-state index in [4.69, 9.17) is 0 Å². The quantitative estimate of drug-likeness (QED) is 0.342. The lowest BCUT2D eigenvalue weighted by atomic mass is 10.1. The van der Waals surface area contributed by atoms with Gasteiger partial charge in [0.15, 0.2) is 0 Å². The second-order valence-corrected chi connectivity index (χ2v) is 9.26. The SMILES string of the molecule is CC1(CS(=O)(=O)N2CC=C(OS(=O)(=O)C(F)(F)F)CC2)NC(=O)NC1=O. The van der Waals surface area contributed by atoms with Crippen LogP contribution in [0.25, 0.3) is 0 Å². The minimum absolute atomic E-state index is 0.354. The van der Waals surface area contributed by atoms with Gasteiger partial charge in [0.2, 0.25) is 10.0 Å². The summed E-state index contributed by atoms with van der Waals surface area (Å²) in [5.41, 5.74) is -7.30. The zero-order valence-corrected chi connectivity index (χ0v) is 14.8. The van der Waals surface area contributed by atoms with Crippen LogP contribution in [0.3, 0.4) is 0 Å². The molecule has 1 saturated heterocycles. The molecule has 0 radical (unpaired) electrons. The summed E-state index contributed by atoms with van der Waals surface area (Å²) in [4.78, 5) is 22.8. The zero-order valence-electron chi connectivity index (χ0n) is 13.2. The third-order valence-corrected chi connectivity index (χ3v) is 6.67. The van der Waals surface area contributed by atoms with Crippen LogP contribution in [0.5, 0.6) is 0 Å². The molecule has 2 rings (SSSR count). The highest BCUT2D eigenvalue weighted by molar-refractivity contribution is 7.89. The Kier molecular flexibility index (Phi) is 5.02. The Bertz CT molecular complexity index is 866. The van der Waals surface area contributed by atoms with Gasteiger partial charge < -0.3 is 9.50 Å². The minimum atomic E-state index is -5.83. The molecular weight excluding hydrogens is 407 g/mol. The first kappa shape index (κ1) is 20.4. The third kappa shape index (κ3) is 4.09. The van der Waals surface area contributed by atoms with Crippen LogP contribution in [0.2, 0.25) is 0 Å². The maximum Gasteiger partial charge on any atom is 0.534 e. The van der Waals surface area contributed by atoms with Crippen molar-refractivity contribution in [2.75, 3.05) is 18.8 Å². The van der Waals surface area contributed by atoms with Gasteiger partial charge >= 0.3 is 21.7 Å². The van der Waals surface area contributed by atoms with E-state index in [9.17, 15) is 39.6 Å². The fourth-order valence-corrected chi connectivity index (χ4v) is 4.60. The number of carbonyl (C=O) groups excluding carboxylic acids is 2. The fourth-order valence-electron chi connectivity index (χ4n) is 2.29. The molecule has 0 saturated carbocycles. The fraction of sp³-hybridized carbons (Fsp3) is 0.636. The predicted octanol–water partition coefficient (Wildman–Crippen LogP) is -0.630. The Balaban J connectivity index is 2.08. The summed E-state index contributed by atoms with van der Waals surface area (Å²) in [6.07, 6.45) is 0.476. The summed E-state index contributed by atoms with van der Waals surface area (Å²) < 4.78 is 88.2. The molecule has 0 spiro atoms. The number of urea groups is 1. The van der Waals surface area contributed by atoms with Crippen LogP contribution in [0.4, 0.5) is 18.0 Å². The molecule has 1 unspecified atom stereocenters. The molecule has 2 N–H and O–H groups in total. The van der Waals surface area contributed by atoms with Crippen molar-refractivity contribution < 1.29 is 43.8 Å². The van der Waals surface area contributed by atoms with E-state index in [0.717, 1.165) is 10.4 Å². The Morgan fingerprint density at radius 2 is 1.88 bits per heavy atom. The van der Waals surface area contributed by atoms with E-state index < -0.39 is 67.6 Å². The van der Waals surface area contributed by atoms with Crippen LogP contribution in [0.15, 0.2) is 11.8 Å². The second-order valence-electron chi connectivity index (χ2n) is 5.76. The van der Waals surface area contributed by atoms with Crippen molar-refractivity contribution in [2.45, 2.75) is 24.4 Å². The van der Waals surface area contributed by atoms with Crippen LogP contribution in [-0.2, 0) is 29.1 Å². The number of hydrogen-bond donors (Lipinski definition) is 2. The average Bonchev–Trinajstić information content (AvgIpc) is 2.69. The molecule has 2 aliphatic rings. The molecule has 2 aliphatic heterocycles. The number of sulfonamides is 1. The number of halogens is 3. The monoisotopic (exact) mass is 421 g/mol. The van der Waals surface area contributed by atoms with Gasteiger partial charge in [-0.15, -0.1) is 0 Å². The predicted molar refractivity (Wildman–Crippen MR) is 79.2 cm³/mol. The number of nitrogens with zero attached hydrogens (tertiary/aromatic N) is 1. The maximum absolute atomic E-state index is 12.4. The van der Waals surface area contributed by atoms with Crippen molar-refractivity contribution in [2.24, 2.45) is 0 Å². The zero-order chi connectivity index (χ0) is 20.0. The van der Waals surface area contributed by atoms with Gasteiger partial charge in [0.1, 0.15) is 11.3 Å². The first-order chi connectivity index (χ1) is 11.7. The molecule has 0 aliphatic carbocycles. The van der Waals surface area contributed by atoms with E-state index in [1.165, 1.54) is 6.92 Å². The van der Waals surface area contributed by atoms with E-state index in [2.05, 4.69) is 9.50 Å². The topological polar surface area (TPSA) is 139 Å². The van der Waals surface area contributed by atoms with Crippen molar-refractivity contribution >= 4 is 32.1 Å². The Hall–Kier alpha value is -1.87. The van der Waals surface area contributed by atoms with Gasteiger partial charge in [-0.2, -0.15) is 25.9 Å². The summed E-state index contributed by atoms with van der Waals surface area (Å²) in [5.74, 6) is -2.14. The van der Waals surface area contributed by atoms with Crippen molar-refractivity contribution in [1.82, 2.24) is 14.9 Å². The molecule has 3 amide bonds. The number of nitrogens with one attached hydrogen (secondary N) is 2.